The number of halogens is 4. The number of H-pyrrole nitrogens is 1. The maximum atomic E-state index is 15.1. The third kappa shape index (κ3) is 9.85. The Morgan fingerprint density at radius 2 is 1.63 bits per heavy atom. The van der Waals surface area contributed by atoms with Crippen molar-refractivity contribution in [3.63, 3.8) is 0 Å². The topological polar surface area (TPSA) is 123 Å². The Kier molecular flexibility index (Phi) is 12.0. The first-order chi connectivity index (χ1) is 26.0. The summed E-state index contributed by atoms with van der Waals surface area (Å²) >= 11 is 1.55. The third-order valence-electron chi connectivity index (χ3n) is 11.1. The van der Waals surface area contributed by atoms with E-state index in [-0.39, 0.29) is 28.0 Å². The molecule has 0 bridgehead atoms. The number of carbonyl (C=O) groups is 2. The van der Waals surface area contributed by atoms with Crippen molar-refractivity contribution in [2.24, 2.45) is 5.92 Å². The smallest absolute Gasteiger partial charge is 0.401 e. The average molecular weight is 774 g/mol. The van der Waals surface area contributed by atoms with Crippen molar-refractivity contribution in [1.29, 1.82) is 0 Å². The summed E-state index contributed by atoms with van der Waals surface area (Å²) in [5, 5.41) is 5.65. The molecule has 4 aliphatic heterocycles. The summed E-state index contributed by atoms with van der Waals surface area (Å²) < 4.78 is 59.3. The molecular weight excluding hydrogens is 727 g/mol. The summed E-state index contributed by atoms with van der Waals surface area (Å²) in [4.78, 5) is 49.9. The van der Waals surface area contributed by atoms with Crippen molar-refractivity contribution >= 4 is 45.9 Å². The molecule has 0 aliphatic carbocycles. The fraction of sp³-hybridized carbons (Fsp3) is 0.579. The number of carbonyl (C=O) groups excluding carboxylic acids is 2. The molecule has 4 fully saturated rings. The summed E-state index contributed by atoms with van der Waals surface area (Å²) in [7, 11) is 0. The lowest BCUT2D eigenvalue weighted by Crippen LogP contribution is -2.48. The van der Waals surface area contributed by atoms with E-state index in [4.69, 9.17) is 4.74 Å². The number of hydrogen-bond acceptors (Lipinski definition) is 10. The van der Waals surface area contributed by atoms with Crippen LogP contribution in [-0.4, -0.2) is 108 Å². The minimum Gasteiger partial charge on any atom is -0.493 e. The molecule has 1 unspecified atom stereocenters. The number of rotatable bonds is 11. The van der Waals surface area contributed by atoms with Gasteiger partial charge in [-0.05, 0) is 101 Å². The Morgan fingerprint density at radius 3 is 2.31 bits per heavy atom. The molecule has 4 saturated heterocycles. The van der Waals surface area contributed by atoms with Crippen molar-refractivity contribution in [3.05, 3.63) is 58.4 Å². The van der Waals surface area contributed by atoms with E-state index in [1.165, 1.54) is 11.0 Å². The summed E-state index contributed by atoms with van der Waals surface area (Å²) in [6, 6.07) is 11.1. The first-order valence-corrected chi connectivity index (χ1v) is 20.0. The van der Waals surface area contributed by atoms with Crippen molar-refractivity contribution in [2.75, 3.05) is 62.6 Å². The van der Waals surface area contributed by atoms with E-state index in [9.17, 15) is 27.6 Å². The minimum absolute atomic E-state index is 0.116. The van der Waals surface area contributed by atoms with Gasteiger partial charge in [-0.3, -0.25) is 24.6 Å². The third-order valence-corrected chi connectivity index (χ3v) is 12.5. The minimum atomic E-state index is -4.20. The highest BCUT2D eigenvalue weighted by Crippen LogP contribution is 2.31. The zero-order chi connectivity index (χ0) is 37.8. The Morgan fingerprint density at radius 1 is 0.907 bits per heavy atom. The molecule has 2 amide bonds. The molecule has 5 heterocycles. The molecular formula is C38H47F4N7O4S. The molecule has 16 heteroatoms. The number of aromatic amines is 1. The Hall–Kier alpha value is -3.89. The van der Waals surface area contributed by atoms with Gasteiger partial charge in [0.05, 0.1) is 24.4 Å². The maximum Gasteiger partial charge on any atom is 0.401 e. The molecule has 7 rings (SSSR count). The number of nitrogens with one attached hydrogen (secondary N) is 3. The van der Waals surface area contributed by atoms with Crippen LogP contribution < -0.4 is 25.8 Å². The molecule has 1 aromatic heterocycles. The standard InChI is InChI=1S/C38H47F4N7O4S/c39-30-19-28(20-32-35(30)37(52)45-33(44-32)22-54-29-11-13-47(14-12-29)23-38(40,41)42)53-21-24-7-15-48(16-8-24)27-9-17-49(18-10-27)26-3-1-25(2-4-26)43-31-5-6-34(50)46-36(31)51/h1-4,19-20,24,27,29,31,43H,5-18,21-23H2,(H,44,45,52)(H,46,50,51). The number of nitrogens with zero attached hydrogens (tertiary/aromatic N) is 4. The zero-order valence-corrected chi connectivity index (χ0v) is 31.0. The molecule has 0 radical (unpaired) electrons. The van der Waals surface area contributed by atoms with Crippen LogP contribution in [0.15, 0.2) is 41.2 Å². The normalized spacial score (nSPS) is 21.8. The van der Waals surface area contributed by atoms with Gasteiger partial charge < -0.3 is 24.8 Å². The fourth-order valence-electron chi connectivity index (χ4n) is 8.07. The number of piperidine rings is 4. The molecule has 2 aromatic carbocycles. The highest BCUT2D eigenvalue weighted by molar-refractivity contribution is 7.99. The summed E-state index contributed by atoms with van der Waals surface area (Å²) in [5.41, 5.74) is 1.68. The van der Waals surface area contributed by atoms with Crippen LogP contribution in [0.4, 0.5) is 28.9 Å². The van der Waals surface area contributed by atoms with Crippen LogP contribution in [0.1, 0.15) is 57.2 Å². The van der Waals surface area contributed by atoms with Gasteiger partial charge >= 0.3 is 6.18 Å². The van der Waals surface area contributed by atoms with Gasteiger partial charge in [-0.2, -0.15) is 24.9 Å². The molecule has 0 saturated carbocycles. The lowest BCUT2D eigenvalue weighted by molar-refractivity contribution is -0.147. The Bertz CT molecular complexity index is 1840. The predicted molar refractivity (Wildman–Crippen MR) is 200 cm³/mol. The second-order valence-electron chi connectivity index (χ2n) is 14.9. The van der Waals surface area contributed by atoms with E-state index in [0.717, 1.165) is 63.2 Å². The number of likely N-dealkylation sites (tertiary alicyclic amines) is 2. The molecule has 0 spiro atoms. The number of hydrogen-bond donors (Lipinski definition) is 3. The number of anilines is 2. The van der Waals surface area contributed by atoms with E-state index in [0.29, 0.717) is 74.7 Å². The van der Waals surface area contributed by atoms with Crippen LogP contribution in [0.2, 0.25) is 0 Å². The van der Waals surface area contributed by atoms with Crippen LogP contribution in [-0.2, 0) is 15.3 Å². The molecule has 1 atom stereocenters. The number of alkyl halides is 3. The molecule has 3 N–H and O–H groups in total. The largest absolute Gasteiger partial charge is 0.493 e. The first kappa shape index (κ1) is 38.4. The highest BCUT2D eigenvalue weighted by Gasteiger charge is 2.33. The summed E-state index contributed by atoms with van der Waals surface area (Å²) in [6.07, 6.45) is 1.96. The van der Waals surface area contributed by atoms with Gasteiger partial charge in [0.15, 0.2) is 0 Å². The number of aromatic nitrogens is 2. The number of thioether (sulfide) groups is 1. The average Bonchev–Trinajstić information content (AvgIpc) is 3.14. The van der Waals surface area contributed by atoms with Gasteiger partial charge in [-0.15, -0.1) is 0 Å². The number of amides is 2. The zero-order valence-electron chi connectivity index (χ0n) is 30.1. The SMILES string of the molecule is O=C1CCC(Nc2ccc(N3CCC(N4CCC(COc5cc(F)c6c(=O)[nH]c(CSC7CCN(CC(F)(F)F)CC7)nc6c5)CC4)CC3)cc2)C(=O)N1. The van der Waals surface area contributed by atoms with Crippen LogP contribution in [0.25, 0.3) is 10.9 Å². The second kappa shape index (κ2) is 16.9. The maximum absolute atomic E-state index is 15.1. The molecule has 292 valence electrons. The Labute approximate surface area is 315 Å². The second-order valence-corrected chi connectivity index (χ2v) is 16.2. The van der Waals surface area contributed by atoms with E-state index in [2.05, 4.69) is 42.5 Å². The monoisotopic (exact) mass is 773 g/mol. The van der Waals surface area contributed by atoms with Gasteiger partial charge in [0, 0.05) is 54.3 Å². The molecule has 4 aliphatic rings. The van der Waals surface area contributed by atoms with Crippen molar-refractivity contribution < 1.29 is 31.9 Å². The first-order valence-electron chi connectivity index (χ1n) is 18.9. The number of fused-ring (bicyclic) bond motifs is 1. The predicted octanol–water partition coefficient (Wildman–Crippen LogP) is 5.30. The van der Waals surface area contributed by atoms with Crippen molar-refractivity contribution in [3.8, 4) is 5.75 Å². The van der Waals surface area contributed by atoms with Crippen LogP contribution in [0.3, 0.4) is 0 Å². The Balaban J connectivity index is 0.842. The number of ether oxygens (including phenoxy) is 1. The van der Waals surface area contributed by atoms with E-state index < -0.39 is 30.1 Å². The van der Waals surface area contributed by atoms with Gasteiger partial charge in [0.25, 0.3) is 5.56 Å². The summed E-state index contributed by atoms with van der Waals surface area (Å²) in [6.45, 7) is 4.17. The molecule has 3 aromatic rings. The van der Waals surface area contributed by atoms with Gasteiger partial charge in [-0.25, -0.2) is 9.37 Å². The van der Waals surface area contributed by atoms with Crippen LogP contribution in [0.5, 0.6) is 5.75 Å². The van der Waals surface area contributed by atoms with Crippen LogP contribution >= 0.6 is 11.8 Å². The van der Waals surface area contributed by atoms with Gasteiger partial charge in [0.2, 0.25) is 11.8 Å². The van der Waals surface area contributed by atoms with E-state index >= 15 is 4.39 Å². The summed E-state index contributed by atoms with van der Waals surface area (Å²) in [5.74, 6) is 0.250. The van der Waals surface area contributed by atoms with Crippen LogP contribution in [0, 0.1) is 11.7 Å². The molecule has 54 heavy (non-hydrogen) atoms. The number of benzene rings is 2. The fourth-order valence-corrected chi connectivity index (χ4v) is 9.15. The van der Waals surface area contributed by atoms with Crippen molar-refractivity contribution in [2.45, 2.75) is 80.6 Å². The van der Waals surface area contributed by atoms with Gasteiger partial charge in [0.1, 0.15) is 28.8 Å². The van der Waals surface area contributed by atoms with Crippen molar-refractivity contribution in [1.82, 2.24) is 25.1 Å². The number of imide groups is 1. The molecule has 11 nitrogen and oxygen atoms in total. The highest BCUT2D eigenvalue weighted by atomic mass is 32.2. The van der Waals surface area contributed by atoms with E-state index in [1.807, 2.05) is 12.1 Å². The van der Waals surface area contributed by atoms with E-state index in [1.54, 1.807) is 17.8 Å². The van der Waals surface area contributed by atoms with Gasteiger partial charge in [-0.1, -0.05) is 0 Å². The lowest BCUT2D eigenvalue weighted by atomic mass is 9.94. The quantitative estimate of drug-likeness (QED) is 0.175. The lowest BCUT2D eigenvalue weighted by Gasteiger charge is -2.42.